The minimum absolute atomic E-state index is 0.0935. The number of rotatable bonds is 9. The monoisotopic (exact) mass is 277 g/mol. The topological polar surface area (TPSA) is 84.5 Å². The minimum atomic E-state index is -3.53. The third-order valence-corrected chi connectivity index (χ3v) is 4.22. The quantitative estimate of drug-likeness (QED) is 0.646. The van der Waals surface area contributed by atoms with E-state index in [0.717, 1.165) is 0 Å². The molecule has 0 bridgehead atoms. The largest absolute Gasteiger partial charge is 0.385 e. The van der Waals surface area contributed by atoms with Crippen LogP contribution >= 0.6 is 0 Å². The van der Waals surface area contributed by atoms with Gasteiger partial charge in [0.15, 0.2) is 5.03 Å². The molecule has 1 N–H and O–H groups in total. The van der Waals surface area contributed by atoms with Gasteiger partial charge in [-0.15, -0.1) is 0 Å². The van der Waals surface area contributed by atoms with Gasteiger partial charge in [-0.25, -0.2) is 8.42 Å². The molecule has 0 aliphatic heterocycles. The smallest absolute Gasteiger partial charge is 0.260 e. The molecule has 0 atom stereocenters. The maximum Gasteiger partial charge on any atom is 0.260 e. The molecule has 104 valence electrons. The zero-order valence-electron chi connectivity index (χ0n) is 10.6. The van der Waals surface area contributed by atoms with Gasteiger partial charge in [0, 0.05) is 33.9 Å². The number of hydrogen-bond acceptors (Lipinski definition) is 5. The molecule has 0 aliphatic carbocycles. The van der Waals surface area contributed by atoms with E-state index in [1.165, 1.54) is 23.7 Å². The molecular formula is C10H19N3O4S. The number of nitrogens with zero attached hydrogens (tertiary/aromatic N) is 2. The van der Waals surface area contributed by atoms with Gasteiger partial charge in [-0.2, -0.15) is 9.40 Å². The second-order valence-electron chi connectivity index (χ2n) is 3.66. The average Bonchev–Trinajstić information content (AvgIpc) is 2.87. The van der Waals surface area contributed by atoms with Crippen LogP contribution in [0.4, 0.5) is 0 Å². The summed E-state index contributed by atoms with van der Waals surface area (Å²) in [6, 6.07) is 1.44. The standard InChI is InChI=1S/C10H19N3O4S/c1-16-8-3-6-13(7-9-17-2)18(14,15)10-4-5-11-12-10/h4-5H,3,6-9H2,1-2H3,(H,11,12). The number of H-pyrrole nitrogens is 1. The third kappa shape index (κ3) is 4.05. The zero-order chi connectivity index (χ0) is 13.4. The molecule has 0 amide bonds. The molecule has 1 rings (SSSR count). The number of aromatic amines is 1. The lowest BCUT2D eigenvalue weighted by Gasteiger charge is -2.20. The SMILES string of the molecule is COCCCN(CCOC)S(=O)(=O)c1ccn[nH]1. The van der Waals surface area contributed by atoms with E-state index >= 15 is 0 Å². The molecule has 1 aromatic heterocycles. The Hall–Kier alpha value is -0.960. The van der Waals surface area contributed by atoms with Gasteiger partial charge in [0.25, 0.3) is 10.0 Å². The van der Waals surface area contributed by atoms with Crippen LogP contribution in [0.15, 0.2) is 17.3 Å². The van der Waals surface area contributed by atoms with E-state index in [4.69, 9.17) is 9.47 Å². The summed E-state index contributed by atoms with van der Waals surface area (Å²) in [6.07, 6.45) is 2.05. The van der Waals surface area contributed by atoms with Gasteiger partial charge >= 0.3 is 0 Å². The van der Waals surface area contributed by atoms with Crippen molar-refractivity contribution in [3.05, 3.63) is 12.3 Å². The van der Waals surface area contributed by atoms with Gasteiger partial charge in [0.2, 0.25) is 0 Å². The Morgan fingerprint density at radius 3 is 2.56 bits per heavy atom. The van der Waals surface area contributed by atoms with Gasteiger partial charge in [-0.1, -0.05) is 0 Å². The maximum atomic E-state index is 12.3. The van der Waals surface area contributed by atoms with Crippen LogP contribution in [0.1, 0.15) is 6.42 Å². The van der Waals surface area contributed by atoms with Gasteiger partial charge < -0.3 is 9.47 Å². The highest BCUT2D eigenvalue weighted by Crippen LogP contribution is 2.12. The fourth-order valence-corrected chi connectivity index (χ4v) is 2.82. The van der Waals surface area contributed by atoms with Crippen molar-refractivity contribution >= 4 is 10.0 Å². The molecule has 0 unspecified atom stereocenters. The molecule has 0 radical (unpaired) electrons. The Bertz CT molecular complexity index is 418. The summed E-state index contributed by atoms with van der Waals surface area (Å²) in [7, 11) is -0.407. The van der Waals surface area contributed by atoms with Gasteiger partial charge in [0.1, 0.15) is 0 Å². The minimum Gasteiger partial charge on any atom is -0.385 e. The highest BCUT2D eigenvalue weighted by Gasteiger charge is 2.24. The normalized spacial score (nSPS) is 12.2. The highest BCUT2D eigenvalue weighted by atomic mass is 32.2. The maximum absolute atomic E-state index is 12.3. The Balaban J connectivity index is 2.74. The first-order valence-electron chi connectivity index (χ1n) is 5.60. The lowest BCUT2D eigenvalue weighted by atomic mass is 10.4. The summed E-state index contributed by atoms with van der Waals surface area (Å²) < 4.78 is 35.7. The number of nitrogens with one attached hydrogen (secondary N) is 1. The van der Waals surface area contributed by atoms with E-state index in [0.29, 0.717) is 32.7 Å². The van der Waals surface area contributed by atoms with Crippen LogP contribution in [0.5, 0.6) is 0 Å². The van der Waals surface area contributed by atoms with Crippen LogP contribution in [-0.4, -0.2) is 63.4 Å². The van der Waals surface area contributed by atoms with E-state index in [1.807, 2.05) is 0 Å². The molecule has 0 spiro atoms. The van der Waals surface area contributed by atoms with Crippen molar-refractivity contribution in [2.75, 3.05) is 40.5 Å². The van der Waals surface area contributed by atoms with Crippen LogP contribution in [0.2, 0.25) is 0 Å². The fraction of sp³-hybridized carbons (Fsp3) is 0.700. The molecule has 7 nitrogen and oxygen atoms in total. The first-order chi connectivity index (χ1) is 8.62. The molecule has 18 heavy (non-hydrogen) atoms. The summed E-state index contributed by atoms with van der Waals surface area (Å²) in [5.41, 5.74) is 0. The van der Waals surface area contributed by atoms with Crippen molar-refractivity contribution in [3.8, 4) is 0 Å². The first kappa shape index (κ1) is 15.1. The van der Waals surface area contributed by atoms with Crippen LogP contribution in [0.25, 0.3) is 0 Å². The van der Waals surface area contributed by atoms with Crippen molar-refractivity contribution in [1.82, 2.24) is 14.5 Å². The lowest BCUT2D eigenvalue weighted by molar-refractivity contribution is 0.164. The number of ether oxygens (including phenoxy) is 2. The van der Waals surface area contributed by atoms with Crippen LogP contribution in [0.3, 0.4) is 0 Å². The van der Waals surface area contributed by atoms with Crippen molar-refractivity contribution in [2.24, 2.45) is 0 Å². The third-order valence-electron chi connectivity index (χ3n) is 2.39. The fourth-order valence-electron chi connectivity index (χ4n) is 1.46. The predicted molar refractivity (Wildman–Crippen MR) is 65.7 cm³/mol. The second kappa shape index (κ2) is 7.47. The van der Waals surface area contributed by atoms with Gasteiger partial charge in [-0.05, 0) is 12.5 Å². The lowest BCUT2D eigenvalue weighted by Crippen LogP contribution is -2.35. The van der Waals surface area contributed by atoms with Gasteiger partial charge in [0.05, 0.1) is 12.8 Å². The van der Waals surface area contributed by atoms with Crippen LogP contribution in [-0.2, 0) is 19.5 Å². The molecule has 1 aromatic rings. The summed E-state index contributed by atoms with van der Waals surface area (Å²) in [5.74, 6) is 0. The van der Waals surface area contributed by atoms with E-state index in [9.17, 15) is 8.42 Å². The zero-order valence-corrected chi connectivity index (χ0v) is 11.4. The van der Waals surface area contributed by atoms with E-state index in [1.54, 1.807) is 7.11 Å². The number of hydrogen-bond donors (Lipinski definition) is 1. The van der Waals surface area contributed by atoms with Crippen molar-refractivity contribution in [3.63, 3.8) is 0 Å². The molecule has 0 fully saturated rings. The van der Waals surface area contributed by atoms with E-state index < -0.39 is 10.0 Å². The van der Waals surface area contributed by atoms with E-state index in [2.05, 4.69) is 10.2 Å². The second-order valence-corrected chi connectivity index (χ2v) is 5.57. The number of methoxy groups -OCH3 is 2. The molecule has 0 saturated carbocycles. The molecule has 0 aliphatic rings. The average molecular weight is 277 g/mol. The number of sulfonamides is 1. The molecule has 1 heterocycles. The molecule has 0 saturated heterocycles. The van der Waals surface area contributed by atoms with Crippen molar-refractivity contribution in [1.29, 1.82) is 0 Å². The summed E-state index contributed by atoms with van der Waals surface area (Å²) in [4.78, 5) is 0. The van der Waals surface area contributed by atoms with E-state index in [-0.39, 0.29) is 5.03 Å². The summed E-state index contributed by atoms with van der Waals surface area (Å²) in [5, 5.41) is 6.23. The highest BCUT2D eigenvalue weighted by molar-refractivity contribution is 7.89. The Labute approximate surface area is 107 Å². The predicted octanol–water partition coefficient (Wildman–Crippen LogP) is 0.0833. The summed E-state index contributed by atoms with van der Waals surface area (Å²) >= 11 is 0. The first-order valence-corrected chi connectivity index (χ1v) is 7.04. The number of aromatic nitrogens is 2. The Kier molecular flexibility index (Phi) is 6.27. The van der Waals surface area contributed by atoms with Crippen LogP contribution in [0, 0.1) is 0 Å². The summed E-state index contributed by atoms with van der Waals surface area (Å²) in [6.45, 7) is 1.56. The van der Waals surface area contributed by atoms with Crippen molar-refractivity contribution < 1.29 is 17.9 Å². The van der Waals surface area contributed by atoms with Crippen LogP contribution < -0.4 is 0 Å². The van der Waals surface area contributed by atoms with Gasteiger partial charge in [-0.3, -0.25) is 5.10 Å². The molecule has 8 heteroatoms. The molecular weight excluding hydrogens is 258 g/mol. The van der Waals surface area contributed by atoms with Crippen molar-refractivity contribution in [2.45, 2.75) is 11.4 Å². The Morgan fingerprint density at radius 1 is 1.28 bits per heavy atom. The Morgan fingerprint density at radius 2 is 2.00 bits per heavy atom. The molecule has 0 aromatic carbocycles.